The molecule has 6 N–H and O–H groups in total. The van der Waals surface area contributed by atoms with Gasteiger partial charge in [0.2, 0.25) is 11.6 Å². The molecule has 0 saturated heterocycles. The number of rotatable bonds is 20. The molecule has 0 unspecified atom stereocenters. The summed E-state index contributed by atoms with van der Waals surface area (Å²) in [5.74, 6) is -0.777. The number of carbonyl (C=O) groups is 2. The second kappa shape index (κ2) is 23.3. The smallest absolute Gasteiger partial charge is 0.295 e. The number of nitrogens with one attached hydrogen (secondary N) is 2. The number of anilines is 1. The lowest BCUT2D eigenvalue weighted by Crippen LogP contribution is -2.32. The van der Waals surface area contributed by atoms with Gasteiger partial charge in [0.1, 0.15) is 21.6 Å². The van der Waals surface area contributed by atoms with Crippen molar-refractivity contribution in [2.75, 3.05) is 24.5 Å². The number of H-pyrrole nitrogens is 1. The summed E-state index contributed by atoms with van der Waals surface area (Å²) in [5.41, 5.74) is 7.90. The van der Waals surface area contributed by atoms with Crippen LogP contribution in [0.5, 0.6) is 0 Å². The SMILES string of the molecule is CCN1\C(=C/C=C/C=C/C2=[N+](CCCCC(=O)N(CCc3c(C)[nH]c4ccccc34)Cc3ccc(/C=C/C(=O)NO)cc3)c3ccc4c(S(=O)(=O)O)cc(S(=O)(=O)O)cc4c3C2(C)C)C(C)(C)c2c1ccc1c(S(=O)(=O)[O-])cc(S(=O)(=O)O)cc21. The van der Waals surface area contributed by atoms with E-state index in [9.17, 15) is 61.5 Å². The molecule has 3 heterocycles. The van der Waals surface area contributed by atoms with Crippen molar-refractivity contribution >= 4 is 108 Å². The highest BCUT2D eigenvalue weighted by atomic mass is 32.2. The Bertz CT molecular complexity index is 4540. The van der Waals surface area contributed by atoms with Crippen molar-refractivity contribution in [2.45, 2.75) is 104 Å². The van der Waals surface area contributed by atoms with Gasteiger partial charge in [-0.1, -0.05) is 80.6 Å². The maximum absolute atomic E-state index is 14.5. The van der Waals surface area contributed by atoms with Crippen molar-refractivity contribution in [3.8, 4) is 0 Å². The number of allylic oxidation sites excluding steroid dienone is 6. The molecule has 20 nitrogen and oxygen atoms in total. The Hall–Kier alpha value is -7.65. The summed E-state index contributed by atoms with van der Waals surface area (Å²) in [5, 5.41) is 10.3. The number of unbranched alkanes of at least 4 members (excludes halogenated alkanes) is 1. The van der Waals surface area contributed by atoms with Crippen LogP contribution >= 0.6 is 0 Å². The van der Waals surface area contributed by atoms with Gasteiger partial charge in [-0.25, -0.2) is 13.9 Å². The van der Waals surface area contributed by atoms with Gasteiger partial charge in [0.15, 0.2) is 5.71 Å². The Morgan fingerprint density at radius 2 is 1.35 bits per heavy atom. The number of nitrogens with zero attached hydrogens (tertiary/aromatic N) is 3. The third-order valence-electron chi connectivity index (χ3n) is 15.9. The zero-order valence-electron chi connectivity index (χ0n) is 47.2. The molecule has 0 aliphatic carbocycles. The van der Waals surface area contributed by atoms with E-state index < -0.39 is 76.8 Å². The van der Waals surface area contributed by atoms with Crippen molar-refractivity contribution < 1.29 is 71.3 Å². The predicted octanol–water partition coefficient (Wildman–Crippen LogP) is 9.58. The Labute approximate surface area is 493 Å². The Kier molecular flexibility index (Phi) is 17.0. The van der Waals surface area contributed by atoms with E-state index in [2.05, 4.69) is 4.98 Å². The standard InChI is InChI=1S/C61H63N5O15S4/c1-7-65-50-27-25-45-47(33-41(82(70,71)72)35-52(45)84(76,77)78)58(50)60(3,4)54(65)17-9-8-10-18-55-61(5,6)59-48-34-42(83(73,74)75)36-53(85(79,80)81)46(48)26-28-51(59)66(55)31-14-13-19-57(68)64(32-30-43-38(2)62-49-16-12-11-15-44(43)49)37-40-22-20-39(21-23-40)24-29-56(67)63-69/h8-12,15-18,20-29,33-36,62H,7,13-14,19,30-32,37H2,1-6H3,(H5-,63,67,69,70,71,72,73,74,75,76,77,78,79,80,81)/b29-24+. The van der Waals surface area contributed by atoms with Gasteiger partial charge in [-0.05, 0) is 134 Å². The van der Waals surface area contributed by atoms with E-state index in [1.165, 1.54) is 24.3 Å². The molecule has 9 rings (SSSR count). The summed E-state index contributed by atoms with van der Waals surface area (Å²) in [7, 11) is -20.2. The first kappa shape index (κ1) is 61.9. The molecule has 0 saturated carbocycles. The maximum Gasteiger partial charge on any atom is 0.295 e. The lowest BCUT2D eigenvalue weighted by Gasteiger charge is -2.26. The van der Waals surface area contributed by atoms with Crippen molar-refractivity contribution in [1.29, 1.82) is 0 Å². The van der Waals surface area contributed by atoms with Crippen LogP contribution in [0.15, 0.2) is 159 Å². The molecule has 0 atom stereocenters. The Morgan fingerprint density at radius 1 is 0.718 bits per heavy atom. The molecule has 85 heavy (non-hydrogen) atoms. The summed E-state index contributed by atoms with van der Waals surface area (Å²) in [6.07, 6.45) is 13.4. The van der Waals surface area contributed by atoms with Crippen LogP contribution in [-0.2, 0) is 73.9 Å². The zero-order valence-corrected chi connectivity index (χ0v) is 50.5. The van der Waals surface area contributed by atoms with Crippen LogP contribution in [0, 0.1) is 6.92 Å². The van der Waals surface area contributed by atoms with Gasteiger partial charge >= 0.3 is 0 Å². The van der Waals surface area contributed by atoms with Crippen molar-refractivity contribution in [1.82, 2.24) is 15.4 Å². The molecule has 0 fully saturated rings. The fraction of sp³-hybridized carbons (Fsp3) is 0.262. The highest BCUT2D eigenvalue weighted by Crippen LogP contribution is 2.52. The number of amides is 2. The highest BCUT2D eigenvalue weighted by Gasteiger charge is 2.46. The van der Waals surface area contributed by atoms with E-state index in [1.807, 2.05) is 104 Å². The molecule has 1 aromatic heterocycles. The van der Waals surface area contributed by atoms with E-state index in [1.54, 1.807) is 54.0 Å². The Balaban J connectivity index is 1.05. The number of aryl methyl sites for hydroxylation is 1. The van der Waals surface area contributed by atoms with Crippen LogP contribution in [0.4, 0.5) is 11.4 Å². The van der Waals surface area contributed by atoms with Gasteiger partial charge in [0.25, 0.3) is 36.3 Å². The van der Waals surface area contributed by atoms with Crippen molar-refractivity contribution in [3.63, 3.8) is 0 Å². The lowest BCUT2D eigenvalue weighted by atomic mass is 9.79. The first-order chi connectivity index (χ1) is 39.9. The number of fused-ring (bicyclic) bond motifs is 7. The van der Waals surface area contributed by atoms with Crippen LogP contribution in [0.1, 0.15) is 87.4 Å². The van der Waals surface area contributed by atoms with Gasteiger partial charge in [-0.2, -0.15) is 29.8 Å². The number of aromatic nitrogens is 1. The maximum atomic E-state index is 14.5. The van der Waals surface area contributed by atoms with Crippen LogP contribution in [-0.4, -0.2) is 109 Å². The van der Waals surface area contributed by atoms with E-state index >= 15 is 0 Å². The molecule has 2 aliphatic heterocycles. The minimum atomic E-state index is -5.20. The molecule has 6 aromatic carbocycles. The monoisotopic (exact) mass is 1230 g/mol. The first-order valence-electron chi connectivity index (χ1n) is 27.0. The van der Waals surface area contributed by atoms with Crippen LogP contribution < -0.4 is 10.4 Å². The minimum Gasteiger partial charge on any atom is -0.744 e. The quantitative estimate of drug-likeness (QED) is 0.00787. The molecule has 7 aromatic rings. The summed E-state index contributed by atoms with van der Waals surface area (Å²) in [4.78, 5) is 30.3. The van der Waals surface area contributed by atoms with Crippen molar-refractivity contribution in [2.24, 2.45) is 0 Å². The molecule has 2 aliphatic rings. The topological polar surface area (TPSA) is 312 Å². The third-order valence-corrected chi connectivity index (χ3v) is 19.3. The average molecular weight is 1230 g/mol. The third kappa shape index (κ3) is 12.4. The molecular weight excluding hydrogens is 1170 g/mol. The van der Waals surface area contributed by atoms with E-state index in [0.29, 0.717) is 84.8 Å². The summed E-state index contributed by atoms with van der Waals surface area (Å²) < 4.78 is 146. The van der Waals surface area contributed by atoms with Crippen LogP contribution in [0.3, 0.4) is 0 Å². The number of carbonyl (C=O) groups excluding carboxylic acids is 2. The number of hydrogen-bond acceptors (Lipinski definition) is 13. The molecule has 0 radical (unpaired) electrons. The number of hydroxylamine groups is 1. The molecule has 446 valence electrons. The number of aromatic amines is 1. The highest BCUT2D eigenvalue weighted by molar-refractivity contribution is 7.87. The Morgan fingerprint density at radius 3 is 1.99 bits per heavy atom. The fourth-order valence-electron chi connectivity index (χ4n) is 12.0. The van der Waals surface area contributed by atoms with Gasteiger partial charge in [-0.3, -0.25) is 28.5 Å². The molecular formula is C61H63N5O15S4. The van der Waals surface area contributed by atoms with E-state index in [4.69, 9.17) is 5.21 Å². The van der Waals surface area contributed by atoms with E-state index in [0.717, 1.165) is 39.5 Å². The molecule has 0 bridgehead atoms. The van der Waals surface area contributed by atoms with Gasteiger partial charge in [-0.15, -0.1) is 0 Å². The second-order valence-electron chi connectivity index (χ2n) is 22.0. The second-order valence-corrected chi connectivity index (χ2v) is 27.6. The lowest BCUT2D eigenvalue weighted by molar-refractivity contribution is -0.438. The summed E-state index contributed by atoms with van der Waals surface area (Å²) in [6, 6.07) is 25.2. The van der Waals surface area contributed by atoms with Gasteiger partial charge in [0, 0.05) is 95.0 Å². The largest absolute Gasteiger partial charge is 0.744 e. The van der Waals surface area contributed by atoms with E-state index in [-0.39, 0.29) is 40.4 Å². The number of benzene rings is 6. The number of likely N-dealkylation sites (N-methyl/N-ethyl adjacent to an activating group) is 1. The molecule has 24 heteroatoms. The molecule has 2 amide bonds. The summed E-state index contributed by atoms with van der Waals surface area (Å²) >= 11 is 0. The average Bonchev–Trinajstić information content (AvgIpc) is 3.62. The van der Waals surface area contributed by atoms with Crippen LogP contribution in [0.2, 0.25) is 0 Å². The normalized spacial score (nSPS) is 15.8. The summed E-state index contributed by atoms with van der Waals surface area (Å²) in [6.45, 7) is 12.8. The molecule has 0 spiro atoms. The van der Waals surface area contributed by atoms with Crippen molar-refractivity contribution in [3.05, 3.63) is 173 Å². The number of para-hydroxylation sites is 1. The predicted molar refractivity (Wildman–Crippen MR) is 322 cm³/mol. The first-order valence-corrected chi connectivity index (χ1v) is 32.7. The minimum absolute atomic E-state index is 0.00798. The van der Waals surface area contributed by atoms with Gasteiger partial charge in [0.05, 0.1) is 20.1 Å². The van der Waals surface area contributed by atoms with Gasteiger partial charge < -0.3 is 19.3 Å². The fourth-order valence-corrected chi connectivity index (χ4v) is 14.7. The number of hydrogen-bond donors (Lipinski definition) is 6. The zero-order chi connectivity index (χ0) is 61.8. The van der Waals surface area contributed by atoms with Crippen LogP contribution in [0.25, 0.3) is 38.5 Å².